The second-order valence-corrected chi connectivity index (χ2v) is 4.94. The first-order valence-electron chi connectivity index (χ1n) is 5.83. The molecule has 0 aromatic heterocycles. The summed E-state index contributed by atoms with van der Waals surface area (Å²) in [5.41, 5.74) is 0.448. The van der Waals surface area contributed by atoms with Crippen molar-refractivity contribution in [1.29, 1.82) is 0 Å². The first-order chi connectivity index (χ1) is 9.54. The molecule has 0 amide bonds. The Labute approximate surface area is 126 Å². The molecule has 0 radical (unpaired) electrons. The fourth-order valence-corrected chi connectivity index (χ4v) is 2.48. The van der Waals surface area contributed by atoms with Crippen molar-refractivity contribution in [2.45, 2.75) is 6.42 Å². The number of Topliss-reactive ketones (excluding diaryl/α,β-unsaturated/α-hetero) is 1. The largest absolute Gasteiger partial charge is 0.494 e. The molecule has 0 atom stereocenters. The Morgan fingerprint density at radius 1 is 1.15 bits per heavy atom. The lowest BCUT2D eigenvalue weighted by Gasteiger charge is -2.08. The summed E-state index contributed by atoms with van der Waals surface area (Å²) in [7, 11) is 1.37. The van der Waals surface area contributed by atoms with Gasteiger partial charge in [-0.05, 0) is 23.8 Å². The molecule has 0 fully saturated rings. The third-order valence-corrected chi connectivity index (χ3v) is 3.49. The number of carbonyl (C=O) groups is 1. The van der Waals surface area contributed by atoms with Crippen molar-refractivity contribution >= 4 is 29.0 Å². The summed E-state index contributed by atoms with van der Waals surface area (Å²) < 4.78 is 18.9. The van der Waals surface area contributed by atoms with Gasteiger partial charge in [0, 0.05) is 6.42 Å². The molecular weight excluding hydrogens is 302 g/mol. The molecule has 20 heavy (non-hydrogen) atoms. The van der Waals surface area contributed by atoms with Gasteiger partial charge in [0.05, 0.1) is 22.7 Å². The van der Waals surface area contributed by atoms with Gasteiger partial charge in [-0.1, -0.05) is 41.4 Å². The second kappa shape index (κ2) is 6.25. The van der Waals surface area contributed by atoms with Gasteiger partial charge in [0.1, 0.15) is 0 Å². The molecule has 0 heterocycles. The van der Waals surface area contributed by atoms with Crippen molar-refractivity contribution < 1.29 is 13.9 Å². The molecule has 0 aliphatic carbocycles. The van der Waals surface area contributed by atoms with E-state index in [2.05, 4.69) is 0 Å². The van der Waals surface area contributed by atoms with Crippen LogP contribution in [-0.4, -0.2) is 12.9 Å². The number of methoxy groups -OCH3 is 1. The number of benzene rings is 2. The van der Waals surface area contributed by atoms with E-state index < -0.39 is 5.82 Å². The topological polar surface area (TPSA) is 26.3 Å². The SMILES string of the molecule is COc1cccc(CC(=O)c2c(Cl)cccc2Cl)c1F. The van der Waals surface area contributed by atoms with Crippen LogP contribution < -0.4 is 4.74 Å². The molecule has 2 aromatic rings. The number of ether oxygens (including phenoxy) is 1. The molecule has 0 saturated carbocycles. The van der Waals surface area contributed by atoms with Crippen LogP contribution in [0.2, 0.25) is 10.0 Å². The molecular formula is C15H11Cl2FO2. The lowest BCUT2D eigenvalue weighted by Crippen LogP contribution is -2.07. The molecule has 0 spiro atoms. The molecule has 0 saturated heterocycles. The zero-order valence-electron chi connectivity index (χ0n) is 10.6. The number of hydrogen-bond donors (Lipinski definition) is 0. The number of rotatable bonds is 4. The van der Waals surface area contributed by atoms with Crippen LogP contribution in [0.4, 0.5) is 4.39 Å². The van der Waals surface area contributed by atoms with Crippen molar-refractivity contribution in [2.24, 2.45) is 0 Å². The molecule has 0 unspecified atom stereocenters. The fraction of sp³-hybridized carbons (Fsp3) is 0.133. The van der Waals surface area contributed by atoms with Crippen LogP contribution in [0.5, 0.6) is 5.75 Å². The summed E-state index contributed by atoms with van der Waals surface area (Å²) in [6.45, 7) is 0. The van der Waals surface area contributed by atoms with Crippen LogP contribution >= 0.6 is 23.2 Å². The average molecular weight is 313 g/mol. The Morgan fingerprint density at radius 3 is 2.35 bits per heavy atom. The molecule has 2 rings (SSSR count). The van der Waals surface area contributed by atoms with Gasteiger partial charge >= 0.3 is 0 Å². The van der Waals surface area contributed by atoms with E-state index in [9.17, 15) is 9.18 Å². The first-order valence-corrected chi connectivity index (χ1v) is 6.58. The Kier molecular flexibility index (Phi) is 4.63. The predicted molar refractivity (Wildman–Crippen MR) is 77.4 cm³/mol. The van der Waals surface area contributed by atoms with Crippen LogP contribution in [-0.2, 0) is 6.42 Å². The highest BCUT2D eigenvalue weighted by molar-refractivity contribution is 6.39. The van der Waals surface area contributed by atoms with E-state index in [1.54, 1.807) is 24.3 Å². The van der Waals surface area contributed by atoms with Gasteiger partial charge in [0.2, 0.25) is 0 Å². The summed E-state index contributed by atoms with van der Waals surface area (Å²) >= 11 is 11.9. The Morgan fingerprint density at radius 2 is 1.75 bits per heavy atom. The van der Waals surface area contributed by atoms with Crippen LogP contribution in [0.25, 0.3) is 0 Å². The van der Waals surface area contributed by atoms with Crippen molar-refractivity contribution in [3.8, 4) is 5.75 Å². The normalized spacial score (nSPS) is 10.4. The molecule has 2 nitrogen and oxygen atoms in total. The first kappa shape index (κ1) is 14.8. The Hall–Kier alpha value is -1.58. The third kappa shape index (κ3) is 2.94. The van der Waals surface area contributed by atoms with E-state index in [4.69, 9.17) is 27.9 Å². The molecule has 104 valence electrons. The molecule has 5 heteroatoms. The minimum atomic E-state index is -0.550. The van der Waals surface area contributed by atoms with Crippen LogP contribution in [0.1, 0.15) is 15.9 Å². The van der Waals surface area contributed by atoms with Crippen LogP contribution in [0, 0.1) is 5.82 Å². The van der Waals surface area contributed by atoms with E-state index in [0.29, 0.717) is 0 Å². The Balaban J connectivity index is 2.33. The van der Waals surface area contributed by atoms with Crippen LogP contribution in [0.15, 0.2) is 36.4 Å². The number of hydrogen-bond acceptors (Lipinski definition) is 2. The maximum Gasteiger partial charge on any atom is 0.170 e. The van der Waals surface area contributed by atoms with Gasteiger partial charge in [0.15, 0.2) is 17.3 Å². The zero-order valence-corrected chi connectivity index (χ0v) is 12.1. The minimum Gasteiger partial charge on any atom is -0.494 e. The number of ketones is 1. The predicted octanol–water partition coefficient (Wildman–Crippen LogP) is 4.57. The summed E-state index contributed by atoms with van der Waals surface area (Å²) in [4.78, 5) is 12.2. The van der Waals surface area contributed by atoms with E-state index in [0.717, 1.165) is 0 Å². The zero-order chi connectivity index (χ0) is 14.7. The number of halogens is 3. The van der Waals surface area contributed by atoms with Gasteiger partial charge in [0.25, 0.3) is 0 Å². The molecule has 0 bridgehead atoms. The maximum atomic E-state index is 14.0. The molecule has 0 N–H and O–H groups in total. The lowest BCUT2D eigenvalue weighted by atomic mass is 10.0. The monoisotopic (exact) mass is 312 g/mol. The van der Waals surface area contributed by atoms with E-state index in [-0.39, 0.29) is 39.1 Å². The van der Waals surface area contributed by atoms with E-state index >= 15 is 0 Å². The van der Waals surface area contributed by atoms with Gasteiger partial charge in [-0.25, -0.2) is 4.39 Å². The summed E-state index contributed by atoms with van der Waals surface area (Å²) in [6, 6.07) is 9.43. The van der Waals surface area contributed by atoms with E-state index in [1.165, 1.54) is 19.2 Å². The smallest absolute Gasteiger partial charge is 0.170 e. The van der Waals surface area contributed by atoms with Crippen LogP contribution in [0.3, 0.4) is 0 Å². The van der Waals surface area contributed by atoms with Crippen molar-refractivity contribution in [1.82, 2.24) is 0 Å². The minimum absolute atomic E-state index is 0.0977. The van der Waals surface area contributed by atoms with Gasteiger partial charge < -0.3 is 4.74 Å². The van der Waals surface area contributed by atoms with Crippen molar-refractivity contribution in [3.63, 3.8) is 0 Å². The molecule has 0 aliphatic heterocycles. The Bertz CT molecular complexity index is 636. The van der Waals surface area contributed by atoms with Gasteiger partial charge in [-0.15, -0.1) is 0 Å². The maximum absolute atomic E-state index is 14.0. The van der Waals surface area contributed by atoms with Crippen molar-refractivity contribution in [2.75, 3.05) is 7.11 Å². The fourth-order valence-electron chi connectivity index (χ4n) is 1.88. The highest BCUT2D eigenvalue weighted by atomic mass is 35.5. The quantitative estimate of drug-likeness (QED) is 0.773. The summed E-state index contributed by atoms with van der Waals surface area (Å²) in [5, 5.41) is 0.511. The van der Waals surface area contributed by atoms with Gasteiger partial charge in [-0.2, -0.15) is 0 Å². The highest BCUT2D eigenvalue weighted by Gasteiger charge is 2.18. The highest BCUT2D eigenvalue weighted by Crippen LogP contribution is 2.27. The second-order valence-electron chi connectivity index (χ2n) is 4.13. The van der Waals surface area contributed by atoms with Gasteiger partial charge in [-0.3, -0.25) is 4.79 Å². The summed E-state index contributed by atoms with van der Waals surface area (Å²) in [5.74, 6) is -0.792. The summed E-state index contributed by atoms with van der Waals surface area (Å²) in [6.07, 6.45) is -0.132. The van der Waals surface area contributed by atoms with E-state index in [1.807, 2.05) is 0 Å². The average Bonchev–Trinajstić information content (AvgIpc) is 2.41. The lowest BCUT2D eigenvalue weighted by molar-refractivity contribution is 0.0992. The number of carbonyl (C=O) groups excluding carboxylic acids is 1. The third-order valence-electron chi connectivity index (χ3n) is 2.86. The van der Waals surface area contributed by atoms with Crippen molar-refractivity contribution in [3.05, 3.63) is 63.4 Å². The molecule has 2 aromatic carbocycles. The molecule has 0 aliphatic rings. The standard InChI is InChI=1S/C15H11Cl2FO2/c1-20-13-7-2-4-9(15(13)18)8-12(19)14-10(16)5-3-6-11(14)17/h2-7H,8H2,1H3.